The van der Waals surface area contributed by atoms with Crippen LogP contribution < -0.4 is 21.5 Å². The van der Waals surface area contributed by atoms with E-state index >= 15 is 0 Å². The van der Waals surface area contributed by atoms with Crippen molar-refractivity contribution in [2.45, 2.75) is 20.0 Å². The largest absolute Gasteiger partial charge is 0.465 e. The third-order valence-corrected chi connectivity index (χ3v) is 5.74. The van der Waals surface area contributed by atoms with Gasteiger partial charge >= 0.3 is 11.7 Å². The molecule has 3 heterocycles. The molecule has 10 heteroatoms. The quantitative estimate of drug-likeness (QED) is 0.436. The summed E-state index contributed by atoms with van der Waals surface area (Å²) in [5, 5.41) is 3.31. The second kappa shape index (κ2) is 9.34. The molecular weight excluding hydrogens is 424 g/mol. The van der Waals surface area contributed by atoms with Crippen molar-refractivity contribution in [3.63, 3.8) is 0 Å². The summed E-state index contributed by atoms with van der Waals surface area (Å²) in [6.45, 7) is 5.23. The molecule has 3 aromatic rings. The van der Waals surface area contributed by atoms with E-state index in [4.69, 9.17) is 9.72 Å². The van der Waals surface area contributed by atoms with E-state index in [1.165, 1.54) is 16.2 Å². The van der Waals surface area contributed by atoms with E-state index < -0.39 is 17.2 Å². The lowest BCUT2D eigenvalue weighted by Crippen LogP contribution is -2.44. The number of carbonyl (C=O) groups is 1. The SMILES string of the molecule is CC#CCn1c(N2CCNCC2)nc2c1c(=O)n(Cc1ccc(C(=O)OC)cc1)c(=O)n2C. The van der Waals surface area contributed by atoms with Gasteiger partial charge in [0.1, 0.15) is 0 Å². The van der Waals surface area contributed by atoms with E-state index in [0.717, 1.165) is 26.2 Å². The van der Waals surface area contributed by atoms with Crippen LogP contribution in [0.15, 0.2) is 33.9 Å². The monoisotopic (exact) mass is 450 g/mol. The zero-order valence-electron chi connectivity index (χ0n) is 18.9. The van der Waals surface area contributed by atoms with E-state index in [2.05, 4.69) is 22.1 Å². The number of ether oxygens (including phenoxy) is 1. The number of imidazole rings is 1. The van der Waals surface area contributed by atoms with Gasteiger partial charge in [-0.05, 0) is 24.6 Å². The fourth-order valence-corrected chi connectivity index (χ4v) is 3.96. The molecule has 10 nitrogen and oxygen atoms in total. The highest BCUT2D eigenvalue weighted by molar-refractivity contribution is 5.89. The average Bonchev–Trinajstić information content (AvgIpc) is 3.24. The lowest BCUT2D eigenvalue weighted by molar-refractivity contribution is 0.0600. The maximum atomic E-state index is 13.5. The average molecular weight is 450 g/mol. The molecule has 1 saturated heterocycles. The number of methoxy groups -OCH3 is 1. The lowest BCUT2D eigenvalue weighted by Gasteiger charge is -2.28. The zero-order chi connectivity index (χ0) is 23.5. The molecule has 1 N–H and O–H groups in total. The molecule has 0 aliphatic carbocycles. The van der Waals surface area contributed by atoms with E-state index in [0.29, 0.717) is 34.8 Å². The Morgan fingerprint density at radius 2 is 1.85 bits per heavy atom. The zero-order valence-corrected chi connectivity index (χ0v) is 18.9. The number of hydrogen-bond acceptors (Lipinski definition) is 7. The molecule has 33 heavy (non-hydrogen) atoms. The van der Waals surface area contributed by atoms with E-state index in [9.17, 15) is 14.4 Å². The molecule has 0 bridgehead atoms. The Hall–Kier alpha value is -3.84. The Labute approximate surface area is 190 Å². The molecular formula is C23H26N6O4. The molecule has 1 aliphatic heterocycles. The number of nitrogens with one attached hydrogen (secondary N) is 1. The van der Waals surface area contributed by atoms with Gasteiger partial charge in [0.05, 0.1) is 25.8 Å². The standard InChI is InChI=1S/C23H26N6O4/c1-4-5-12-28-18-19(25-22(28)27-13-10-24-11-14-27)26(2)23(32)29(20(18)30)15-16-6-8-17(9-7-16)21(31)33-3/h6-9,24H,10-15H2,1-3H3. The first kappa shape index (κ1) is 22.4. The van der Waals surface area contributed by atoms with Gasteiger partial charge in [0.15, 0.2) is 11.2 Å². The number of fused-ring (bicyclic) bond motifs is 1. The summed E-state index contributed by atoms with van der Waals surface area (Å²) in [7, 11) is 2.93. The van der Waals surface area contributed by atoms with Crippen LogP contribution in [-0.4, -0.2) is 57.9 Å². The van der Waals surface area contributed by atoms with Crippen molar-refractivity contribution in [1.82, 2.24) is 24.0 Å². The number of carbonyl (C=O) groups excluding carboxylic acids is 1. The molecule has 0 unspecified atom stereocenters. The van der Waals surface area contributed by atoms with E-state index in [-0.39, 0.29) is 6.54 Å². The Kier molecular flexibility index (Phi) is 6.33. The highest BCUT2D eigenvalue weighted by atomic mass is 16.5. The van der Waals surface area contributed by atoms with Crippen LogP contribution in [-0.2, 0) is 24.9 Å². The van der Waals surface area contributed by atoms with E-state index in [1.54, 1.807) is 42.8 Å². The first-order valence-corrected chi connectivity index (χ1v) is 10.7. The van der Waals surface area contributed by atoms with Gasteiger partial charge in [-0.25, -0.2) is 9.59 Å². The van der Waals surface area contributed by atoms with Crippen LogP contribution in [0.25, 0.3) is 11.2 Å². The van der Waals surface area contributed by atoms with Crippen LogP contribution in [0.5, 0.6) is 0 Å². The number of nitrogens with zero attached hydrogens (tertiary/aromatic N) is 5. The van der Waals surface area contributed by atoms with Crippen LogP contribution in [0.2, 0.25) is 0 Å². The number of benzene rings is 1. The maximum Gasteiger partial charge on any atom is 0.337 e. The van der Waals surface area contributed by atoms with Gasteiger partial charge < -0.3 is 15.0 Å². The Morgan fingerprint density at radius 1 is 1.15 bits per heavy atom. The van der Waals surface area contributed by atoms with Crippen molar-refractivity contribution >= 4 is 23.1 Å². The predicted octanol–water partition coefficient (Wildman–Crippen LogP) is 0.165. The second-order valence-corrected chi connectivity index (χ2v) is 7.76. The number of aryl methyl sites for hydroxylation is 1. The molecule has 172 valence electrons. The van der Waals surface area contributed by atoms with Crippen molar-refractivity contribution in [2.75, 3.05) is 38.2 Å². The van der Waals surface area contributed by atoms with Gasteiger partial charge in [-0.15, -0.1) is 5.92 Å². The summed E-state index contributed by atoms with van der Waals surface area (Å²) in [4.78, 5) is 45.1. The molecule has 2 aromatic heterocycles. The third kappa shape index (κ3) is 4.15. The van der Waals surface area contributed by atoms with Crippen molar-refractivity contribution in [2.24, 2.45) is 7.05 Å². The molecule has 0 saturated carbocycles. The smallest absolute Gasteiger partial charge is 0.337 e. The fourth-order valence-electron chi connectivity index (χ4n) is 3.96. The van der Waals surface area contributed by atoms with Crippen LogP contribution in [0.4, 0.5) is 5.95 Å². The Balaban J connectivity index is 1.84. The lowest BCUT2D eigenvalue weighted by atomic mass is 10.1. The highest BCUT2D eigenvalue weighted by Crippen LogP contribution is 2.20. The minimum atomic E-state index is -0.456. The molecule has 1 aliphatic rings. The molecule has 4 rings (SSSR count). The number of anilines is 1. The number of rotatable bonds is 5. The number of piperazine rings is 1. The predicted molar refractivity (Wildman–Crippen MR) is 125 cm³/mol. The third-order valence-electron chi connectivity index (χ3n) is 5.74. The summed E-state index contributed by atoms with van der Waals surface area (Å²) in [5.41, 5.74) is 0.921. The summed E-state index contributed by atoms with van der Waals surface area (Å²) in [6, 6.07) is 6.63. The normalized spacial score (nSPS) is 13.6. The number of aromatic nitrogens is 4. The van der Waals surface area contributed by atoms with Crippen LogP contribution in [0, 0.1) is 11.8 Å². The van der Waals surface area contributed by atoms with Crippen LogP contribution in [0.1, 0.15) is 22.8 Å². The van der Waals surface area contributed by atoms with Crippen molar-refractivity contribution in [3.05, 3.63) is 56.2 Å². The van der Waals surface area contributed by atoms with Crippen molar-refractivity contribution in [1.29, 1.82) is 0 Å². The topological polar surface area (TPSA) is 103 Å². The second-order valence-electron chi connectivity index (χ2n) is 7.76. The first-order chi connectivity index (χ1) is 16.0. The van der Waals surface area contributed by atoms with Crippen LogP contribution >= 0.6 is 0 Å². The number of esters is 1. The molecule has 0 spiro atoms. The van der Waals surface area contributed by atoms with E-state index in [1.807, 2.05) is 0 Å². The summed E-state index contributed by atoms with van der Waals surface area (Å²) < 4.78 is 9.11. The van der Waals surface area contributed by atoms with Gasteiger partial charge in [0.2, 0.25) is 5.95 Å². The van der Waals surface area contributed by atoms with Crippen molar-refractivity contribution < 1.29 is 9.53 Å². The van der Waals surface area contributed by atoms with Crippen LogP contribution in [0.3, 0.4) is 0 Å². The minimum absolute atomic E-state index is 0.0660. The molecule has 0 atom stereocenters. The minimum Gasteiger partial charge on any atom is -0.465 e. The van der Waals surface area contributed by atoms with Gasteiger partial charge in [-0.2, -0.15) is 4.98 Å². The van der Waals surface area contributed by atoms with Gasteiger partial charge in [0.25, 0.3) is 5.56 Å². The van der Waals surface area contributed by atoms with Gasteiger partial charge in [0, 0.05) is 33.2 Å². The molecule has 1 fully saturated rings. The highest BCUT2D eigenvalue weighted by Gasteiger charge is 2.24. The maximum absolute atomic E-state index is 13.5. The summed E-state index contributed by atoms with van der Waals surface area (Å²) in [6.07, 6.45) is 0. The Morgan fingerprint density at radius 3 is 2.48 bits per heavy atom. The number of hydrogen-bond donors (Lipinski definition) is 1. The fraction of sp³-hybridized carbons (Fsp3) is 0.391. The molecule has 0 radical (unpaired) electrons. The van der Waals surface area contributed by atoms with Crippen molar-refractivity contribution in [3.8, 4) is 11.8 Å². The van der Waals surface area contributed by atoms with Gasteiger partial charge in [-0.1, -0.05) is 18.1 Å². The van der Waals surface area contributed by atoms with Gasteiger partial charge in [-0.3, -0.25) is 18.5 Å². The first-order valence-electron chi connectivity index (χ1n) is 10.7. The molecule has 1 aromatic carbocycles. The summed E-state index contributed by atoms with van der Waals surface area (Å²) >= 11 is 0. The Bertz CT molecular complexity index is 1360. The summed E-state index contributed by atoms with van der Waals surface area (Å²) in [5.74, 6) is 6.10. The molecule has 0 amide bonds.